The van der Waals surface area contributed by atoms with E-state index >= 15 is 0 Å². The fraction of sp³-hybridized carbons (Fsp3) is 0.522. The van der Waals surface area contributed by atoms with E-state index in [1.165, 1.54) is 19.3 Å². The van der Waals surface area contributed by atoms with E-state index in [1.54, 1.807) is 6.20 Å². The summed E-state index contributed by atoms with van der Waals surface area (Å²) >= 11 is 0. The molecule has 0 spiro atoms. The molecule has 3 aromatic rings. The van der Waals surface area contributed by atoms with Crippen molar-refractivity contribution in [2.45, 2.75) is 46.0 Å². The number of anilines is 1. The van der Waals surface area contributed by atoms with Crippen molar-refractivity contribution in [3.63, 3.8) is 0 Å². The average Bonchev–Trinajstić information content (AvgIpc) is 2.76. The Labute approximate surface area is 187 Å². The lowest BCUT2D eigenvalue weighted by Crippen LogP contribution is -2.37. The summed E-state index contributed by atoms with van der Waals surface area (Å²) in [5, 5.41) is 0. The number of pyridine rings is 1. The first-order valence-corrected chi connectivity index (χ1v) is 10.9. The summed E-state index contributed by atoms with van der Waals surface area (Å²) in [7, 11) is 0. The largest absolute Gasteiger partial charge is 0.378 e. The van der Waals surface area contributed by atoms with E-state index in [-0.39, 0.29) is 0 Å². The number of rotatable bonds is 2. The lowest BCUT2D eigenvalue weighted by molar-refractivity contribution is 0.122. The Morgan fingerprint density at radius 2 is 1.66 bits per heavy atom. The Balaban J connectivity index is 0.000000242. The molecule has 0 aromatic carbocycles. The fourth-order valence-electron chi connectivity index (χ4n) is 3.44. The van der Waals surface area contributed by atoms with Crippen molar-refractivity contribution in [2.75, 3.05) is 38.1 Å². The summed E-state index contributed by atoms with van der Waals surface area (Å²) in [6, 6.07) is 5.86. The van der Waals surface area contributed by atoms with Crippen LogP contribution < -0.4 is 4.90 Å². The van der Waals surface area contributed by atoms with Gasteiger partial charge in [0.2, 0.25) is 12.9 Å². The average molecular weight is 445 g/mol. The van der Waals surface area contributed by atoms with Gasteiger partial charge in [0.1, 0.15) is 5.52 Å². The van der Waals surface area contributed by atoms with E-state index in [1.807, 2.05) is 39.0 Å². The first-order chi connectivity index (χ1) is 15.5. The molecule has 3 aromatic heterocycles. The highest BCUT2D eigenvalue weighted by atomic mass is 19.3. The normalized spacial score (nSPS) is 15.8. The van der Waals surface area contributed by atoms with E-state index < -0.39 is 6.93 Å². The number of hydrogen-bond acceptors (Lipinski definition) is 7. The molecule has 1 saturated carbocycles. The van der Waals surface area contributed by atoms with Crippen molar-refractivity contribution in [2.24, 2.45) is 0 Å². The molecule has 5 rings (SSSR count). The number of hydrogen-bond donors (Lipinski definition) is 0. The van der Waals surface area contributed by atoms with Gasteiger partial charge in [-0.1, -0.05) is 12.5 Å². The molecule has 0 N–H and O–H groups in total. The zero-order valence-electron chi connectivity index (χ0n) is 18.9. The van der Waals surface area contributed by atoms with Gasteiger partial charge in [0.05, 0.1) is 30.3 Å². The second-order valence-corrected chi connectivity index (χ2v) is 7.77. The van der Waals surface area contributed by atoms with Crippen molar-refractivity contribution in [3.05, 3.63) is 47.2 Å². The number of morpholine rings is 1. The molecule has 4 heterocycles. The second-order valence-electron chi connectivity index (χ2n) is 7.77. The highest BCUT2D eigenvalue weighted by molar-refractivity contribution is 5.75. The van der Waals surface area contributed by atoms with Crippen LogP contribution >= 0.6 is 0 Å². The minimum Gasteiger partial charge on any atom is -0.378 e. The Kier molecular flexibility index (Phi) is 8.72. The molecule has 32 heavy (non-hydrogen) atoms. The second kappa shape index (κ2) is 11.7. The Hall–Kier alpha value is -2.81. The molecule has 1 saturated heterocycles. The van der Waals surface area contributed by atoms with Crippen molar-refractivity contribution >= 4 is 17.1 Å². The molecule has 2 fully saturated rings. The maximum Gasteiger partial charge on any atom is 0.229 e. The van der Waals surface area contributed by atoms with Crippen LogP contribution in [0.2, 0.25) is 0 Å². The van der Waals surface area contributed by atoms with Crippen LogP contribution in [0.4, 0.5) is 14.7 Å². The number of fused-ring (bicyclic) bond motifs is 1. The van der Waals surface area contributed by atoms with Gasteiger partial charge in [0.15, 0.2) is 5.65 Å². The summed E-state index contributed by atoms with van der Waals surface area (Å²) in [6.45, 7) is 7.36. The number of aromatic nitrogens is 5. The summed E-state index contributed by atoms with van der Waals surface area (Å²) < 4.78 is 24.7. The van der Waals surface area contributed by atoms with Gasteiger partial charge < -0.3 is 9.64 Å². The van der Waals surface area contributed by atoms with Gasteiger partial charge in [-0.05, 0) is 45.7 Å². The molecular formula is C23H30F2N6O. The molecule has 0 bridgehead atoms. The van der Waals surface area contributed by atoms with Crippen LogP contribution in [0.15, 0.2) is 24.4 Å². The fourth-order valence-corrected chi connectivity index (χ4v) is 3.44. The molecule has 1 aliphatic heterocycles. The number of ether oxygens (including phenoxy) is 1. The van der Waals surface area contributed by atoms with Crippen LogP contribution in [0.1, 0.15) is 48.0 Å². The Bertz CT molecular complexity index is 995. The highest BCUT2D eigenvalue weighted by Gasteiger charge is 2.27. The maximum atomic E-state index is 9.62. The first-order valence-electron chi connectivity index (χ1n) is 10.9. The topological polar surface area (TPSA) is 76.9 Å². The number of nitrogens with zero attached hydrogens (tertiary/aromatic N) is 6. The van der Waals surface area contributed by atoms with Crippen LogP contribution in [0.25, 0.3) is 11.2 Å². The Morgan fingerprint density at radius 3 is 2.19 bits per heavy atom. The number of alkyl halides is 2. The van der Waals surface area contributed by atoms with Gasteiger partial charge in [0.25, 0.3) is 0 Å². The van der Waals surface area contributed by atoms with Gasteiger partial charge in [-0.2, -0.15) is 4.98 Å². The third-order valence-electron chi connectivity index (χ3n) is 5.56. The van der Waals surface area contributed by atoms with E-state index in [4.69, 9.17) is 14.7 Å². The molecule has 1 aliphatic carbocycles. The SMILES string of the molecule is Cc1ccccn1.Cc1nc2nc(N3CCOCC3)nc(C3CCC3)c2nc1C.FCF. The van der Waals surface area contributed by atoms with Gasteiger partial charge >= 0.3 is 0 Å². The first kappa shape index (κ1) is 23.8. The van der Waals surface area contributed by atoms with Gasteiger partial charge in [-0.25, -0.2) is 23.7 Å². The third kappa shape index (κ3) is 6.12. The van der Waals surface area contributed by atoms with E-state index in [0.717, 1.165) is 66.2 Å². The zero-order valence-corrected chi connectivity index (χ0v) is 18.9. The molecule has 7 nitrogen and oxygen atoms in total. The lowest BCUT2D eigenvalue weighted by atomic mass is 9.82. The van der Waals surface area contributed by atoms with Gasteiger partial charge in [-0.15, -0.1) is 0 Å². The standard InChI is InChI=1S/C16H21N5O.C6H7N.CH2F2/c1-10-11(2)18-15-14(17-10)13(12-4-3-5-12)19-16(20-15)21-6-8-22-9-7-21;1-6-4-2-3-5-7-6;2-1-3/h12H,3-9H2,1-2H3;2-5H,1H3;1H2. The quantitative estimate of drug-likeness (QED) is 0.579. The van der Waals surface area contributed by atoms with E-state index in [0.29, 0.717) is 5.92 Å². The minimum atomic E-state index is -1.75. The van der Waals surface area contributed by atoms with Crippen LogP contribution in [-0.2, 0) is 4.74 Å². The van der Waals surface area contributed by atoms with Crippen molar-refractivity contribution < 1.29 is 13.5 Å². The molecule has 172 valence electrons. The highest BCUT2D eigenvalue weighted by Crippen LogP contribution is 2.38. The predicted octanol–water partition coefficient (Wildman–Crippen LogP) is 4.41. The molecule has 2 aliphatic rings. The van der Waals surface area contributed by atoms with Crippen LogP contribution in [0.3, 0.4) is 0 Å². The van der Waals surface area contributed by atoms with E-state index in [9.17, 15) is 8.78 Å². The Morgan fingerprint density at radius 1 is 0.969 bits per heavy atom. The van der Waals surface area contributed by atoms with Crippen molar-refractivity contribution in [1.82, 2.24) is 24.9 Å². The molecule has 0 amide bonds. The van der Waals surface area contributed by atoms with Crippen LogP contribution in [0, 0.1) is 20.8 Å². The van der Waals surface area contributed by atoms with E-state index in [2.05, 4.69) is 19.9 Å². The van der Waals surface area contributed by atoms with Crippen molar-refractivity contribution in [1.29, 1.82) is 0 Å². The summed E-state index contributed by atoms with van der Waals surface area (Å²) in [4.78, 5) is 25.1. The number of aryl methyl sites for hydroxylation is 3. The molecular weight excluding hydrogens is 414 g/mol. The zero-order chi connectivity index (χ0) is 22.9. The summed E-state index contributed by atoms with van der Waals surface area (Å²) in [6.07, 6.45) is 5.46. The monoisotopic (exact) mass is 444 g/mol. The summed E-state index contributed by atoms with van der Waals surface area (Å²) in [5.41, 5.74) is 5.71. The summed E-state index contributed by atoms with van der Waals surface area (Å²) in [5.74, 6) is 1.30. The molecule has 0 radical (unpaired) electrons. The predicted molar refractivity (Wildman–Crippen MR) is 120 cm³/mol. The number of halogens is 2. The minimum absolute atomic E-state index is 0.515. The molecule has 9 heteroatoms. The van der Waals surface area contributed by atoms with Crippen molar-refractivity contribution in [3.8, 4) is 0 Å². The third-order valence-corrected chi connectivity index (χ3v) is 5.56. The lowest BCUT2D eigenvalue weighted by Gasteiger charge is -2.29. The smallest absolute Gasteiger partial charge is 0.229 e. The van der Waals surface area contributed by atoms with Gasteiger partial charge in [0, 0.05) is 30.9 Å². The van der Waals surface area contributed by atoms with Crippen LogP contribution in [-0.4, -0.2) is 58.2 Å². The molecule has 0 atom stereocenters. The maximum absolute atomic E-state index is 9.62. The molecule has 0 unspecified atom stereocenters. The van der Waals surface area contributed by atoms with Crippen LogP contribution in [0.5, 0.6) is 0 Å². The van der Waals surface area contributed by atoms with Gasteiger partial charge in [-0.3, -0.25) is 4.98 Å².